The van der Waals surface area contributed by atoms with Crippen LogP contribution < -0.4 is 14.4 Å². The molecule has 0 aromatic heterocycles. The Morgan fingerprint density at radius 2 is 1.62 bits per heavy atom. The highest BCUT2D eigenvalue weighted by atomic mass is 32.2. The van der Waals surface area contributed by atoms with Crippen LogP contribution in [-0.2, 0) is 26.2 Å². The van der Waals surface area contributed by atoms with Gasteiger partial charge in [0.15, 0.2) is 0 Å². The van der Waals surface area contributed by atoms with E-state index in [-0.39, 0.29) is 17.3 Å². The van der Waals surface area contributed by atoms with Crippen molar-refractivity contribution in [2.75, 3.05) is 30.8 Å². The van der Waals surface area contributed by atoms with Gasteiger partial charge in [0.25, 0.3) is 10.0 Å². The number of hydrogen-bond donors (Lipinski definition) is 1. The lowest BCUT2D eigenvalue weighted by molar-refractivity contribution is -0.140. The summed E-state index contributed by atoms with van der Waals surface area (Å²) in [6.45, 7) is 5.77. The van der Waals surface area contributed by atoms with Crippen LogP contribution in [0, 0.1) is 6.92 Å². The van der Waals surface area contributed by atoms with Gasteiger partial charge < -0.3 is 15.0 Å². The van der Waals surface area contributed by atoms with E-state index in [1.807, 2.05) is 51.3 Å². The van der Waals surface area contributed by atoms with Crippen molar-refractivity contribution in [1.82, 2.24) is 10.2 Å². The molecule has 3 aromatic carbocycles. The average molecular weight is 584 g/mol. The molecule has 3 rings (SSSR count). The standard InChI is InChI=1S/C30H37N3O5S2/c1-6-28(30(35)31-4)32(20-23-11-9-8-10-22(23)3)29(34)21-33(24-12-14-25(15-13-24)38-7-2)40(36,37)27-18-16-26(39-5)17-19-27/h8-19,28H,6-7,20-21H2,1-5H3,(H,31,35)/t28-/m1/s1. The second kappa shape index (κ2) is 14.2. The van der Waals surface area contributed by atoms with E-state index < -0.39 is 28.5 Å². The topological polar surface area (TPSA) is 96.0 Å². The summed E-state index contributed by atoms with van der Waals surface area (Å²) >= 11 is 1.51. The minimum Gasteiger partial charge on any atom is -0.494 e. The summed E-state index contributed by atoms with van der Waals surface area (Å²) in [5.74, 6) is -0.212. The van der Waals surface area contributed by atoms with Crippen molar-refractivity contribution in [2.45, 2.75) is 49.6 Å². The number of thioether (sulfide) groups is 1. The van der Waals surface area contributed by atoms with Crippen LogP contribution in [0.5, 0.6) is 5.75 Å². The van der Waals surface area contributed by atoms with E-state index >= 15 is 0 Å². The van der Waals surface area contributed by atoms with Crippen molar-refractivity contribution in [3.8, 4) is 5.75 Å². The zero-order chi connectivity index (χ0) is 29.3. The van der Waals surface area contributed by atoms with E-state index in [0.29, 0.717) is 24.5 Å². The number of nitrogens with zero attached hydrogens (tertiary/aromatic N) is 2. The average Bonchev–Trinajstić information content (AvgIpc) is 2.97. The minimum absolute atomic E-state index is 0.0655. The lowest BCUT2D eigenvalue weighted by Crippen LogP contribution is -2.51. The molecule has 0 unspecified atom stereocenters. The van der Waals surface area contributed by atoms with Crippen LogP contribution >= 0.6 is 11.8 Å². The lowest BCUT2D eigenvalue weighted by Gasteiger charge is -2.33. The number of carbonyl (C=O) groups is 2. The number of ether oxygens (including phenoxy) is 1. The van der Waals surface area contributed by atoms with Crippen molar-refractivity contribution in [3.05, 3.63) is 83.9 Å². The second-order valence-electron chi connectivity index (χ2n) is 9.10. The lowest BCUT2D eigenvalue weighted by atomic mass is 10.1. The number of benzene rings is 3. The fourth-order valence-corrected chi connectivity index (χ4v) is 6.16. The zero-order valence-corrected chi connectivity index (χ0v) is 25.2. The highest BCUT2D eigenvalue weighted by molar-refractivity contribution is 7.98. The monoisotopic (exact) mass is 583 g/mol. The van der Waals surface area contributed by atoms with Gasteiger partial charge in [0.05, 0.1) is 17.2 Å². The maximum absolute atomic E-state index is 14.0. The smallest absolute Gasteiger partial charge is 0.264 e. The number of carbonyl (C=O) groups excluding carboxylic acids is 2. The normalized spacial score (nSPS) is 11.9. The maximum Gasteiger partial charge on any atom is 0.264 e. The summed E-state index contributed by atoms with van der Waals surface area (Å²) in [6, 6.07) is 20.0. The second-order valence-corrected chi connectivity index (χ2v) is 11.8. The first-order valence-corrected chi connectivity index (χ1v) is 15.8. The van der Waals surface area contributed by atoms with Crippen molar-refractivity contribution >= 4 is 39.3 Å². The first-order valence-electron chi connectivity index (χ1n) is 13.1. The molecule has 0 aliphatic heterocycles. The molecular weight excluding hydrogens is 546 g/mol. The van der Waals surface area contributed by atoms with Crippen LogP contribution in [0.1, 0.15) is 31.4 Å². The molecule has 0 bridgehead atoms. The van der Waals surface area contributed by atoms with E-state index in [4.69, 9.17) is 4.74 Å². The Morgan fingerprint density at radius 1 is 0.975 bits per heavy atom. The molecule has 1 N–H and O–H groups in total. The number of anilines is 1. The first kappa shape index (κ1) is 31.0. The molecular formula is C30H37N3O5S2. The molecule has 0 radical (unpaired) electrons. The molecule has 0 aliphatic carbocycles. The predicted molar refractivity (Wildman–Crippen MR) is 160 cm³/mol. The van der Waals surface area contributed by atoms with Gasteiger partial charge in [0.2, 0.25) is 11.8 Å². The van der Waals surface area contributed by atoms with Crippen LogP contribution in [0.15, 0.2) is 82.6 Å². The molecule has 0 fully saturated rings. The number of nitrogens with one attached hydrogen (secondary N) is 1. The van der Waals surface area contributed by atoms with E-state index in [1.165, 1.54) is 35.8 Å². The predicted octanol–water partition coefficient (Wildman–Crippen LogP) is 4.86. The molecule has 40 heavy (non-hydrogen) atoms. The van der Waals surface area contributed by atoms with Gasteiger partial charge in [-0.3, -0.25) is 13.9 Å². The molecule has 0 aliphatic rings. The van der Waals surface area contributed by atoms with E-state index in [2.05, 4.69) is 5.32 Å². The summed E-state index contributed by atoms with van der Waals surface area (Å²) < 4.78 is 34.6. The van der Waals surface area contributed by atoms with Gasteiger partial charge in [-0.2, -0.15) is 0 Å². The number of hydrogen-bond acceptors (Lipinski definition) is 6. The van der Waals surface area contributed by atoms with E-state index in [0.717, 1.165) is 20.3 Å². The number of sulfonamides is 1. The third-order valence-electron chi connectivity index (χ3n) is 6.60. The van der Waals surface area contributed by atoms with Gasteiger partial charge in [-0.25, -0.2) is 8.42 Å². The Morgan fingerprint density at radius 3 is 2.17 bits per heavy atom. The van der Waals surface area contributed by atoms with Crippen molar-refractivity contribution in [2.24, 2.45) is 0 Å². The molecule has 2 amide bonds. The number of rotatable bonds is 13. The molecule has 1 atom stereocenters. The zero-order valence-electron chi connectivity index (χ0n) is 23.6. The molecule has 0 saturated carbocycles. The summed E-state index contributed by atoms with van der Waals surface area (Å²) in [6.07, 6.45) is 2.28. The third-order valence-corrected chi connectivity index (χ3v) is 9.13. The van der Waals surface area contributed by atoms with Crippen LogP contribution in [0.25, 0.3) is 0 Å². The van der Waals surface area contributed by atoms with Crippen molar-refractivity contribution in [3.63, 3.8) is 0 Å². The minimum atomic E-state index is -4.14. The van der Waals surface area contributed by atoms with Crippen molar-refractivity contribution < 1.29 is 22.7 Å². The molecule has 10 heteroatoms. The molecule has 3 aromatic rings. The fraction of sp³-hybridized carbons (Fsp3) is 0.333. The fourth-order valence-electron chi connectivity index (χ4n) is 4.34. The Bertz CT molecular complexity index is 1390. The summed E-state index contributed by atoms with van der Waals surface area (Å²) in [4.78, 5) is 29.3. The maximum atomic E-state index is 14.0. The molecule has 214 valence electrons. The van der Waals surface area contributed by atoms with Gasteiger partial charge >= 0.3 is 0 Å². The molecule has 8 nitrogen and oxygen atoms in total. The highest BCUT2D eigenvalue weighted by Gasteiger charge is 2.33. The summed E-state index contributed by atoms with van der Waals surface area (Å²) in [5.41, 5.74) is 2.16. The van der Waals surface area contributed by atoms with Gasteiger partial charge in [-0.1, -0.05) is 31.2 Å². The third kappa shape index (κ3) is 7.37. The molecule has 0 saturated heterocycles. The van der Waals surface area contributed by atoms with Gasteiger partial charge in [0.1, 0.15) is 18.3 Å². The molecule has 0 heterocycles. The van der Waals surface area contributed by atoms with E-state index in [1.54, 1.807) is 36.4 Å². The molecule has 0 spiro atoms. The Balaban J connectivity index is 2.07. The van der Waals surface area contributed by atoms with E-state index in [9.17, 15) is 18.0 Å². The number of likely N-dealkylation sites (N-methyl/N-ethyl adjacent to an activating group) is 1. The largest absolute Gasteiger partial charge is 0.494 e. The quantitative estimate of drug-likeness (QED) is 0.289. The number of amides is 2. The Hall–Kier alpha value is -3.50. The Kier molecular flexibility index (Phi) is 11.0. The SMILES string of the molecule is CCOc1ccc(N(CC(=O)N(Cc2ccccc2C)[C@H](CC)C(=O)NC)S(=O)(=O)c2ccc(SC)cc2)cc1. The van der Waals surface area contributed by atoms with Gasteiger partial charge in [-0.05, 0) is 86.2 Å². The summed E-state index contributed by atoms with van der Waals surface area (Å²) in [5, 5.41) is 2.64. The van der Waals surface area contributed by atoms with Crippen LogP contribution in [0.4, 0.5) is 5.69 Å². The Labute approximate surface area is 241 Å². The van der Waals surface area contributed by atoms with Crippen molar-refractivity contribution in [1.29, 1.82) is 0 Å². The van der Waals surface area contributed by atoms with Crippen LogP contribution in [-0.4, -0.2) is 57.6 Å². The van der Waals surface area contributed by atoms with Crippen LogP contribution in [0.3, 0.4) is 0 Å². The number of aryl methyl sites for hydroxylation is 1. The summed E-state index contributed by atoms with van der Waals surface area (Å²) in [7, 11) is -2.61. The van der Waals surface area contributed by atoms with Gasteiger partial charge in [-0.15, -0.1) is 11.8 Å². The van der Waals surface area contributed by atoms with Crippen LogP contribution in [0.2, 0.25) is 0 Å². The van der Waals surface area contributed by atoms with Gasteiger partial charge in [0, 0.05) is 18.5 Å². The highest BCUT2D eigenvalue weighted by Crippen LogP contribution is 2.28. The first-order chi connectivity index (χ1) is 19.2.